The summed E-state index contributed by atoms with van der Waals surface area (Å²) in [6.07, 6.45) is 1.04. The van der Waals surface area contributed by atoms with Crippen molar-refractivity contribution in [2.24, 2.45) is 11.8 Å². The number of nitrogens with one attached hydrogen (secondary N) is 1. The average molecular weight is 383 g/mol. The maximum Gasteiger partial charge on any atom is 0.226 e. The van der Waals surface area contributed by atoms with Crippen LogP contribution in [0.25, 0.3) is 0 Å². The molecule has 0 aromatic heterocycles. The van der Waals surface area contributed by atoms with Gasteiger partial charge in [0.25, 0.3) is 0 Å². The lowest BCUT2D eigenvalue weighted by Crippen LogP contribution is -2.51. The van der Waals surface area contributed by atoms with Crippen molar-refractivity contribution in [2.45, 2.75) is 31.2 Å². The number of hydrogen-bond donors (Lipinski definition) is 1. The molecule has 2 heterocycles. The van der Waals surface area contributed by atoms with E-state index in [-0.39, 0.29) is 12.0 Å². The molecule has 1 N–H and O–H groups in total. The predicted molar refractivity (Wildman–Crippen MR) is 95.1 cm³/mol. The lowest BCUT2D eigenvalue weighted by molar-refractivity contribution is -0.140. The van der Waals surface area contributed by atoms with Gasteiger partial charge in [0, 0.05) is 27.6 Å². The first-order valence-corrected chi connectivity index (χ1v) is 9.83. The van der Waals surface area contributed by atoms with Crippen molar-refractivity contribution in [1.82, 2.24) is 10.2 Å². The van der Waals surface area contributed by atoms with E-state index in [9.17, 15) is 4.79 Å². The first-order valence-electron chi connectivity index (χ1n) is 8.05. The molecule has 1 amide bonds. The first kappa shape index (κ1) is 16.3. The summed E-state index contributed by atoms with van der Waals surface area (Å²) in [6, 6.07) is 6.68. The normalized spacial score (nSPS) is 22.6. The summed E-state index contributed by atoms with van der Waals surface area (Å²) in [4.78, 5) is 16.4. The molecule has 0 saturated carbocycles. The number of halogens is 1. The Hall–Kier alpha value is -0.520. The van der Waals surface area contributed by atoms with E-state index in [1.807, 2.05) is 11.8 Å². The first-order chi connectivity index (χ1) is 10.6. The van der Waals surface area contributed by atoms with Gasteiger partial charge in [-0.15, -0.1) is 11.8 Å². The van der Waals surface area contributed by atoms with Crippen LogP contribution < -0.4 is 5.32 Å². The summed E-state index contributed by atoms with van der Waals surface area (Å²) in [5.41, 5.74) is 1.31. The molecule has 2 aliphatic heterocycles. The monoisotopic (exact) mass is 382 g/mol. The molecule has 1 aromatic carbocycles. The Bertz CT molecular complexity index is 562. The Morgan fingerprint density at radius 3 is 2.91 bits per heavy atom. The van der Waals surface area contributed by atoms with Crippen molar-refractivity contribution in [3.05, 3.63) is 28.2 Å². The Morgan fingerprint density at radius 2 is 2.27 bits per heavy atom. The van der Waals surface area contributed by atoms with Crippen LogP contribution in [0.5, 0.6) is 0 Å². The zero-order chi connectivity index (χ0) is 15.7. The molecule has 120 valence electrons. The fourth-order valence-corrected chi connectivity index (χ4v) is 4.79. The molecule has 0 radical (unpaired) electrons. The second-order valence-corrected chi connectivity index (χ2v) is 8.22. The van der Waals surface area contributed by atoms with Gasteiger partial charge in [-0.1, -0.05) is 22.9 Å². The third-order valence-electron chi connectivity index (χ3n) is 4.89. The highest BCUT2D eigenvalue weighted by Gasteiger charge is 2.35. The zero-order valence-electron chi connectivity index (χ0n) is 13.1. The fourth-order valence-electron chi connectivity index (χ4n) is 3.33. The molecule has 3 rings (SSSR count). The van der Waals surface area contributed by atoms with Gasteiger partial charge in [-0.2, -0.15) is 0 Å². The molecule has 22 heavy (non-hydrogen) atoms. The summed E-state index contributed by atoms with van der Waals surface area (Å²) in [7, 11) is 0. The minimum Gasteiger partial charge on any atom is -0.336 e. The number of nitrogens with zero attached hydrogens (tertiary/aromatic N) is 1. The standard InChI is InChI=1S/C17H23BrN2OS/c1-3-20(17(21)11(2)12-9-19-10-12)15-6-7-22-16-5-4-13(18)8-14(15)16/h4-5,8,11-12,15,19H,3,6-7,9-10H2,1-2H3. The van der Waals surface area contributed by atoms with Gasteiger partial charge < -0.3 is 10.2 Å². The smallest absolute Gasteiger partial charge is 0.226 e. The Morgan fingerprint density at radius 1 is 1.50 bits per heavy atom. The maximum atomic E-state index is 13.0. The minimum atomic E-state index is 0.117. The van der Waals surface area contributed by atoms with Gasteiger partial charge in [0.1, 0.15) is 0 Å². The third kappa shape index (κ3) is 3.08. The van der Waals surface area contributed by atoms with Gasteiger partial charge in [-0.05, 0) is 56.1 Å². The van der Waals surface area contributed by atoms with Crippen molar-refractivity contribution in [3.63, 3.8) is 0 Å². The highest BCUT2D eigenvalue weighted by atomic mass is 79.9. The van der Waals surface area contributed by atoms with E-state index < -0.39 is 0 Å². The van der Waals surface area contributed by atoms with Gasteiger partial charge in [0.05, 0.1) is 6.04 Å². The molecule has 1 saturated heterocycles. The molecule has 5 heteroatoms. The van der Waals surface area contributed by atoms with E-state index in [1.54, 1.807) is 0 Å². The van der Waals surface area contributed by atoms with Crippen molar-refractivity contribution in [1.29, 1.82) is 0 Å². The molecule has 2 aliphatic rings. The number of fused-ring (bicyclic) bond motifs is 1. The van der Waals surface area contributed by atoms with Crippen LogP contribution in [0.2, 0.25) is 0 Å². The van der Waals surface area contributed by atoms with Crippen LogP contribution in [0, 0.1) is 11.8 Å². The van der Waals surface area contributed by atoms with Crippen molar-refractivity contribution >= 4 is 33.6 Å². The summed E-state index contributed by atoms with van der Waals surface area (Å²) in [5.74, 6) is 2.02. The molecule has 2 atom stereocenters. The van der Waals surface area contributed by atoms with Crippen LogP contribution in [-0.4, -0.2) is 36.2 Å². The topological polar surface area (TPSA) is 32.3 Å². The SMILES string of the molecule is CCN(C(=O)C(C)C1CNC1)C1CCSc2ccc(Br)cc21. The Kier molecular flexibility index (Phi) is 5.15. The second kappa shape index (κ2) is 6.93. The van der Waals surface area contributed by atoms with E-state index in [2.05, 4.69) is 58.2 Å². The number of thioether (sulfide) groups is 1. The van der Waals surface area contributed by atoms with Gasteiger partial charge in [0.15, 0.2) is 0 Å². The number of hydrogen-bond acceptors (Lipinski definition) is 3. The van der Waals surface area contributed by atoms with Crippen molar-refractivity contribution in [3.8, 4) is 0 Å². The van der Waals surface area contributed by atoms with E-state index in [0.717, 1.165) is 36.3 Å². The lowest BCUT2D eigenvalue weighted by Gasteiger charge is -2.40. The highest BCUT2D eigenvalue weighted by molar-refractivity contribution is 9.10. The Balaban J connectivity index is 1.85. The Labute approximate surface area is 145 Å². The van der Waals surface area contributed by atoms with Gasteiger partial charge in [0.2, 0.25) is 5.91 Å². The predicted octanol–water partition coefficient (Wildman–Crippen LogP) is 3.69. The van der Waals surface area contributed by atoms with Gasteiger partial charge in [-0.25, -0.2) is 0 Å². The summed E-state index contributed by atoms with van der Waals surface area (Å²) in [6.45, 7) is 6.93. The largest absolute Gasteiger partial charge is 0.336 e. The molecular weight excluding hydrogens is 360 g/mol. The van der Waals surface area contributed by atoms with Crippen molar-refractivity contribution in [2.75, 3.05) is 25.4 Å². The number of benzene rings is 1. The van der Waals surface area contributed by atoms with Crippen LogP contribution in [-0.2, 0) is 4.79 Å². The molecule has 3 nitrogen and oxygen atoms in total. The zero-order valence-corrected chi connectivity index (χ0v) is 15.5. The summed E-state index contributed by atoms with van der Waals surface area (Å²) < 4.78 is 1.10. The highest BCUT2D eigenvalue weighted by Crippen LogP contribution is 2.41. The number of carbonyl (C=O) groups excluding carboxylic acids is 1. The minimum absolute atomic E-state index is 0.117. The molecular formula is C17H23BrN2OS. The van der Waals surface area contributed by atoms with Crippen LogP contribution in [0.1, 0.15) is 31.9 Å². The summed E-state index contributed by atoms with van der Waals surface area (Å²) in [5, 5.41) is 3.28. The quantitative estimate of drug-likeness (QED) is 0.861. The number of rotatable bonds is 4. The van der Waals surface area contributed by atoms with Crippen LogP contribution in [0.3, 0.4) is 0 Å². The van der Waals surface area contributed by atoms with E-state index in [1.165, 1.54) is 10.5 Å². The van der Waals surface area contributed by atoms with Crippen LogP contribution >= 0.6 is 27.7 Å². The van der Waals surface area contributed by atoms with Crippen LogP contribution in [0.4, 0.5) is 0 Å². The average Bonchev–Trinajstić information content (AvgIpc) is 2.46. The third-order valence-corrected chi connectivity index (χ3v) is 6.51. The van der Waals surface area contributed by atoms with E-state index >= 15 is 0 Å². The van der Waals surface area contributed by atoms with Gasteiger partial charge >= 0.3 is 0 Å². The van der Waals surface area contributed by atoms with Crippen LogP contribution in [0.15, 0.2) is 27.6 Å². The summed E-state index contributed by atoms with van der Waals surface area (Å²) >= 11 is 5.48. The number of carbonyl (C=O) groups is 1. The molecule has 0 aliphatic carbocycles. The van der Waals surface area contributed by atoms with Crippen molar-refractivity contribution < 1.29 is 4.79 Å². The van der Waals surface area contributed by atoms with E-state index in [4.69, 9.17) is 0 Å². The lowest BCUT2D eigenvalue weighted by atomic mass is 9.87. The molecule has 1 aromatic rings. The van der Waals surface area contributed by atoms with E-state index in [0.29, 0.717) is 11.8 Å². The molecule has 1 fully saturated rings. The molecule has 0 bridgehead atoms. The molecule has 2 unspecified atom stereocenters. The number of amides is 1. The second-order valence-electron chi connectivity index (χ2n) is 6.17. The maximum absolute atomic E-state index is 13.0. The van der Waals surface area contributed by atoms with Gasteiger partial charge in [-0.3, -0.25) is 4.79 Å². The molecule has 0 spiro atoms. The fraction of sp³-hybridized carbons (Fsp3) is 0.588.